The van der Waals surface area contributed by atoms with E-state index in [0.29, 0.717) is 28.9 Å². The molecule has 31 heavy (non-hydrogen) atoms. The van der Waals surface area contributed by atoms with Crippen LogP contribution in [0, 0.1) is 5.92 Å². The van der Waals surface area contributed by atoms with Crippen LogP contribution in [0.2, 0.25) is 5.02 Å². The average molecular weight is 441 g/mol. The molecule has 1 aromatic carbocycles. The van der Waals surface area contributed by atoms with Gasteiger partial charge in [0.05, 0.1) is 16.3 Å². The zero-order valence-corrected chi connectivity index (χ0v) is 17.5. The molecule has 0 spiro atoms. The van der Waals surface area contributed by atoms with E-state index in [1.165, 1.54) is 0 Å². The zero-order chi connectivity index (χ0) is 20.9. The Morgan fingerprint density at radius 1 is 1.19 bits per heavy atom. The quantitative estimate of drug-likeness (QED) is 0.575. The molecular formula is C24H29ClN4O2. The number of anilines is 1. The number of fused-ring (bicyclic) bond motifs is 1. The first-order valence-electron chi connectivity index (χ1n) is 10.2. The number of hydrogen-bond donors (Lipinski definition) is 2. The number of ether oxygens (including phenoxy) is 1. The molecule has 7 heteroatoms. The summed E-state index contributed by atoms with van der Waals surface area (Å²) in [7, 11) is 0. The number of rotatable bonds is 6. The number of nitrogen functional groups attached to an aromatic ring is 1. The van der Waals surface area contributed by atoms with Gasteiger partial charge in [-0.25, -0.2) is 4.98 Å². The van der Waals surface area contributed by atoms with Crippen LogP contribution in [-0.2, 0) is 17.7 Å². The molecular weight excluding hydrogens is 412 g/mol. The highest BCUT2D eigenvalue weighted by atomic mass is 35.5. The number of hydrogen-bond acceptors (Lipinski definition) is 5. The maximum absolute atomic E-state index is 12.6. The molecule has 6 nitrogen and oxygen atoms in total. The van der Waals surface area contributed by atoms with Gasteiger partial charge in [0.15, 0.2) is 0 Å². The van der Waals surface area contributed by atoms with Crippen molar-refractivity contribution >= 4 is 34.1 Å². The second-order valence-electron chi connectivity index (χ2n) is 7.68. The summed E-state index contributed by atoms with van der Waals surface area (Å²) in [5.41, 5.74) is 8.18. The van der Waals surface area contributed by atoms with E-state index < -0.39 is 0 Å². The van der Waals surface area contributed by atoms with Crippen molar-refractivity contribution in [1.82, 2.24) is 15.3 Å². The van der Waals surface area contributed by atoms with Crippen LogP contribution in [0.4, 0.5) is 5.82 Å². The third-order valence-corrected chi connectivity index (χ3v) is 5.95. The van der Waals surface area contributed by atoms with Gasteiger partial charge in [0.2, 0.25) is 0 Å². The van der Waals surface area contributed by atoms with Gasteiger partial charge in [-0.3, -0.25) is 9.78 Å². The van der Waals surface area contributed by atoms with Crippen LogP contribution in [-0.4, -0.2) is 29.1 Å². The number of halogens is 1. The minimum absolute atomic E-state index is 0. The van der Waals surface area contributed by atoms with E-state index in [9.17, 15) is 4.79 Å². The van der Waals surface area contributed by atoms with E-state index in [0.717, 1.165) is 60.9 Å². The largest absolute Gasteiger partial charge is 0.383 e. The Morgan fingerprint density at radius 2 is 2.00 bits per heavy atom. The van der Waals surface area contributed by atoms with Crippen LogP contribution >= 0.6 is 11.6 Å². The predicted molar refractivity (Wildman–Crippen MR) is 125 cm³/mol. The Morgan fingerprint density at radius 3 is 2.77 bits per heavy atom. The highest BCUT2D eigenvalue weighted by Crippen LogP contribution is 2.24. The Bertz CT molecular complexity index is 1050. The monoisotopic (exact) mass is 440 g/mol. The van der Waals surface area contributed by atoms with Gasteiger partial charge < -0.3 is 15.8 Å². The van der Waals surface area contributed by atoms with Crippen LogP contribution in [0.5, 0.6) is 0 Å². The molecule has 0 unspecified atom stereocenters. The van der Waals surface area contributed by atoms with Gasteiger partial charge in [0.25, 0.3) is 5.91 Å². The maximum atomic E-state index is 12.6. The van der Waals surface area contributed by atoms with E-state index >= 15 is 0 Å². The summed E-state index contributed by atoms with van der Waals surface area (Å²) in [5, 5.41) is 5.37. The van der Waals surface area contributed by atoms with E-state index in [4.69, 9.17) is 22.1 Å². The summed E-state index contributed by atoms with van der Waals surface area (Å²) in [6.45, 7) is 2.08. The van der Waals surface area contributed by atoms with Crippen molar-refractivity contribution in [3.05, 3.63) is 64.6 Å². The lowest BCUT2D eigenvalue weighted by molar-refractivity contribution is 0.0639. The predicted octanol–water partition coefficient (Wildman–Crippen LogP) is 4.79. The van der Waals surface area contributed by atoms with Gasteiger partial charge in [-0.1, -0.05) is 31.2 Å². The minimum atomic E-state index is -0.199. The molecule has 1 aliphatic rings. The standard InChI is InChI=1S/C23H25ClN4O2.CH4/c24-20-12-18(14-27-21(20)4-2-15-6-9-30-10-7-15)23(29)28-13-16-1-3-19-17(11-16)5-8-26-22(19)25;/h1,3,5,8,11-12,14-15H,2,4,6-7,9-10,13H2,(H2,25,26)(H,28,29);1H4. The highest BCUT2D eigenvalue weighted by Gasteiger charge is 2.16. The molecule has 3 heterocycles. The zero-order valence-electron chi connectivity index (χ0n) is 16.7. The van der Waals surface area contributed by atoms with Gasteiger partial charge in [-0.2, -0.15) is 0 Å². The lowest BCUT2D eigenvalue weighted by Crippen LogP contribution is -2.23. The molecule has 0 bridgehead atoms. The molecule has 2 aromatic heterocycles. The van der Waals surface area contributed by atoms with E-state index in [1.807, 2.05) is 24.3 Å². The third-order valence-electron chi connectivity index (χ3n) is 5.62. The number of nitrogens with one attached hydrogen (secondary N) is 1. The highest BCUT2D eigenvalue weighted by molar-refractivity contribution is 6.31. The van der Waals surface area contributed by atoms with Crippen LogP contribution in [0.15, 0.2) is 42.7 Å². The molecule has 164 valence electrons. The summed E-state index contributed by atoms with van der Waals surface area (Å²) in [4.78, 5) is 21.1. The fourth-order valence-corrected chi connectivity index (χ4v) is 4.06. The Balaban J connectivity index is 0.00000272. The van der Waals surface area contributed by atoms with Gasteiger partial charge in [-0.15, -0.1) is 0 Å². The number of carbonyl (C=O) groups is 1. The fourth-order valence-electron chi connectivity index (χ4n) is 3.80. The lowest BCUT2D eigenvalue weighted by atomic mass is 9.94. The molecule has 1 amide bonds. The van der Waals surface area contributed by atoms with Crippen LogP contribution in [0.25, 0.3) is 10.8 Å². The topological polar surface area (TPSA) is 90.1 Å². The fraction of sp³-hybridized carbons (Fsp3) is 0.375. The number of amides is 1. The maximum Gasteiger partial charge on any atom is 0.253 e. The van der Waals surface area contributed by atoms with Crippen molar-refractivity contribution in [2.75, 3.05) is 18.9 Å². The SMILES string of the molecule is C.Nc1nccc2cc(CNC(=O)c3cnc(CCC4CCOCC4)c(Cl)c3)ccc12. The van der Waals surface area contributed by atoms with Gasteiger partial charge in [-0.05, 0) is 60.7 Å². The van der Waals surface area contributed by atoms with Crippen LogP contribution in [0.3, 0.4) is 0 Å². The van der Waals surface area contributed by atoms with Crippen molar-refractivity contribution in [3.63, 3.8) is 0 Å². The molecule has 4 rings (SSSR count). The van der Waals surface area contributed by atoms with E-state index in [2.05, 4.69) is 15.3 Å². The van der Waals surface area contributed by atoms with E-state index in [1.54, 1.807) is 18.5 Å². The van der Waals surface area contributed by atoms with Crippen LogP contribution < -0.4 is 11.1 Å². The summed E-state index contributed by atoms with van der Waals surface area (Å²) < 4.78 is 5.40. The Hall–Kier alpha value is -2.70. The first-order valence-corrected chi connectivity index (χ1v) is 10.6. The average Bonchev–Trinajstić information content (AvgIpc) is 2.77. The first kappa shape index (κ1) is 23.0. The first-order chi connectivity index (χ1) is 14.6. The second-order valence-corrected chi connectivity index (χ2v) is 8.09. The molecule has 3 aromatic rings. The number of pyridine rings is 2. The molecule has 1 saturated heterocycles. The summed E-state index contributed by atoms with van der Waals surface area (Å²) in [6.07, 6.45) is 7.33. The number of aryl methyl sites for hydroxylation is 1. The van der Waals surface area contributed by atoms with Gasteiger partial charge >= 0.3 is 0 Å². The lowest BCUT2D eigenvalue weighted by Gasteiger charge is -2.21. The third kappa shape index (κ3) is 5.71. The number of aromatic nitrogens is 2. The van der Waals surface area contributed by atoms with Gasteiger partial charge in [0, 0.05) is 37.5 Å². The van der Waals surface area contributed by atoms with Crippen molar-refractivity contribution < 1.29 is 9.53 Å². The number of nitrogens with zero attached hydrogens (tertiary/aromatic N) is 2. The van der Waals surface area contributed by atoms with Gasteiger partial charge in [0.1, 0.15) is 5.82 Å². The molecule has 1 fully saturated rings. The molecule has 3 N–H and O–H groups in total. The second kappa shape index (κ2) is 10.6. The van der Waals surface area contributed by atoms with Crippen molar-refractivity contribution in [3.8, 4) is 0 Å². The normalized spacial score (nSPS) is 14.2. The number of nitrogens with two attached hydrogens (primary N) is 1. The molecule has 0 radical (unpaired) electrons. The van der Waals surface area contributed by atoms with Crippen molar-refractivity contribution in [2.45, 2.75) is 39.7 Å². The number of carbonyl (C=O) groups excluding carboxylic acids is 1. The van der Waals surface area contributed by atoms with Crippen LogP contribution in [0.1, 0.15) is 48.3 Å². The molecule has 1 aliphatic heterocycles. The minimum Gasteiger partial charge on any atom is -0.383 e. The van der Waals surface area contributed by atoms with Crippen molar-refractivity contribution in [2.24, 2.45) is 5.92 Å². The summed E-state index contributed by atoms with van der Waals surface area (Å²) >= 11 is 6.40. The number of benzene rings is 1. The molecule has 0 saturated carbocycles. The molecule has 0 atom stereocenters. The molecule has 0 aliphatic carbocycles. The summed E-state index contributed by atoms with van der Waals surface area (Å²) in [5.74, 6) is 0.961. The Labute approximate surface area is 188 Å². The summed E-state index contributed by atoms with van der Waals surface area (Å²) in [6, 6.07) is 9.46. The van der Waals surface area contributed by atoms with Crippen molar-refractivity contribution in [1.29, 1.82) is 0 Å². The smallest absolute Gasteiger partial charge is 0.253 e. The van der Waals surface area contributed by atoms with E-state index in [-0.39, 0.29) is 13.3 Å². The Kier molecular flexibility index (Phi) is 7.82.